The van der Waals surface area contributed by atoms with Crippen LogP contribution in [-0.2, 0) is 6.61 Å². The van der Waals surface area contributed by atoms with Gasteiger partial charge in [0, 0.05) is 22.7 Å². The molecule has 1 aliphatic rings. The first-order valence-corrected chi connectivity index (χ1v) is 10.3. The van der Waals surface area contributed by atoms with Gasteiger partial charge in [0.15, 0.2) is 0 Å². The van der Waals surface area contributed by atoms with Crippen molar-refractivity contribution in [2.45, 2.75) is 37.9 Å². The number of aromatic nitrogens is 1. The number of benzene rings is 3. The van der Waals surface area contributed by atoms with Crippen molar-refractivity contribution < 1.29 is 14.2 Å². The standard InChI is InChI=1S/C26H24FNO2/c1-26(29)15-19(16-26)24-14-22-23(28(24)21-12-10-20(27)11-13-21)8-5-9-25(22)30-17-18-6-3-2-4-7-18/h2-14,19,29H,15-17H2,1H3/t19-,26+. The monoisotopic (exact) mass is 401 g/mol. The first-order chi connectivity index (χ1) is 14.5. The quantitative estimate of drug-likeness (QED) is 0.447. The third-order valence-electron chi connectivity index (χ3n) is 5.95. The van der Waals surface area contributed by atoms with Gasteiger partial charge >= 0.3 is 0 Å². The van der Waals surface area contributed by atoms with Gasteiger partial charge in [-0.3, -0.25) is 0 Å². The Bertz CT molecular complexity index is 1170. The number of halogens is 1. The number of fused-ring (bicyclic) bond motifs is 1. The number of rotatable bonds is 5. The highest BCUT2D eigenvalue weighted by atomic mass is 19.1. The van der Waals surface area contributed by atoms with Crippen molar-refractivity contribution in [2.24, 2.45) is 0 Å². The van der Waals surface area contributed by atoms with Crippen LogP contribution in [0.3, 0.4) is 0 Å². The first-order valence-electron chi connectivity index (χ1n) is 10.3. The van der Waals surface area contributed by atoms with Crippen LogP contribution in [0.1, 0.15) is 36.9 Å². The largest absolute Gasteiger partial charge is 0.488 e. The van der Waals surface area contributed by atoms with E-state index >= 15 is 0 Å². The third kappa shape index (κ3) is 3.48. The van der Waals surface area contributed by atoms with Crippen LogP contribution in [0.2, 0.25) is 0 Å². The van der Waals surface area contributed by atoms with Gasteiger partial charge in [-0.2, -0.15) is 0 Å². The Kier molecular flexibility index (Phi) is 4.59. The van der Waals surface area contributed by atoms with Gasteiger partial charge in [0.2, 0.25) is 0 Å². The fraction of sp³-hybridized carbons (Fsp3) is 0.231. The molecule has 0 bridgehead atoms. The molecule has 0 aliphatic heterocycles. The lowest BCUT2D eigenvalue weighted by Gasteiger charge is -2.41. The van der Waals surface area contributed by atoms with Gasteiger partial charge in [0.1, 0.15) is 18.2 Å². The molecule has 3 aromatic carbocycles. The second kappa shape index (κ2) is 7.29. The van der Waals surface area contributed by atoms with Gasteiger partial charge < -0.3 is 14.4 Å². The van der Waals surface area contributed by atoms with E-state index < -0.39 is 5.60 Å². The topological polar surface area (TPSA) is 34.4 Å². The molecular weight excluding hydrogens is 377 g/mol. The molecule has 4 aromatic rings. The molecule has 4 heteroatoms. The molecule has 30 heavy (non-hydrogen) atoms. The van der Waals surface area contributed by atoms with E-state index in [2.05, 4.69) is 16.7 Å². The molecule has 1 fully saturated rings. The Balaban J connectivity index is 1.58. The molecule has 5 rings (SSSR count). The van der Waals surface area contributed by atoms with Crippen LogP contribution in [-0.4, -0.2) is 15.3 Å². The Morgan fingerprint density at radius 1 is 1.00 bits per heavy atom. The van der Waals surface area contributed by atoms with E-state index in [1.54, 1.807) is 12.1 Å². The second-order valence-electron chi connectivity index (χ2n) is 8.45. The lowest BCUT2D eigenvalue weighted by atomic mass is 9.70. The molecule has 3 nitrogen and oxygen atoms in total. The summed E-state index contributed by atoms with van der Waals surface area (Å²) < 4.78 is 21.9. The fourth-order valence-corrected chi connectivity index (χ4v) is 4.47. The maximum Gasteiger partial charge on any atom is 0.129 e. The number of aliphatic hydroxyl groups is 1. The first kappa shape index (κ1) is 18.9. The summed E-state index contributed by atoms with van der Waals surface area (Å²) in [7, 11) is 0. The highest BCUT2D eigenvalue weighted by Gasteiger charge is 2.41. The molecule has 0 radical (unpaired) electrons. The van der Waals surface area contributed by atoms with Crippen LogP contribution in [0, 0.1) is 5.82 Å². The summed E-state index contributed by atoms with van der Waals surface area (Å²) >= 11 is 0. The lowest BCUT2D eigenvalue weighted by Crippen LogP contribution is -2.39. The van der Waals surface area contributed by atoms with E-state index in [0.29, 0.717) is 19.4 Å². The zero-order valence-corrected chi connectivity index (χ0v) is 16.9. The van der Waals surface area contributed by atoms with Crippen molar-refractivity contribution in [3.8, 4) is 11.4 Å². The van der Waals surface area contributed by atoms with Crippen molar-refractivity contribution in [3.63, 3.8) is 0 Å². The van der Waals surface area contributed by atoms with Crippen molar-refractivity contribution in [2.75, 3.05) is 0 Å². The van der Waals surface area contributed by atoms with Gasteiger partial charge in [0.25, 0.3) is 0 Å². The van der Waals surface area contributed by atoms with E-state index in [1.807, 2.05) is 49.4 Å². The highest BCUT2D eigenvalue weighted by molar-refractivity contribution is 5.89. The van der Waals surface area contributed by atoms with E-state index in [9.17, 15) is 9.50 Å². The van der Waals surface area contributed by atoms with Crippen molar-refractivity contribution in [1.82, 2.24) is 4.57 Å². The van der Waals surface area contributed by atoms with Crippen LogP contribution in [0.4, 0.5) is 4.39 Å². The number of hydrogen-bond acceptors (Lipinski definition) is 2. The molecule has 0 saturated heterocycles. The van der Waals surface area contributed by atoms with Gasteiger partial charge in [-0.15, -0.1) is 0 Å². The van der Waals surface area contributed by atoms with E-state index in [-0.39, 0.29) is 11.7 Å². The summed E-state index contributed by atoms with van der Waals surface area (Å²) in [5.41, 5.74) is 3.55. The minimum absolute atomic E-state index is 0.249. The smallest absolute Gasteiger partial charge is 0.129 e. The molecule has 0 spiro atoms. The molecule has 0 amide bonds. The molecule has 1 aliphatic carbocycles. The van der Waals surface area contributed by atoms with Crippen LogP contribution in [0.25, 0.3) is 16.6 Å². The zero-order valence-electron chi connectivity index (χ0n) is 16.9. The van der Waals surface area contributed by atoms with Crippen LogP contribution < -0.4 is 4.74 Å². The van der Waals surface area contributed by atoms with E-state index in [1.165, 1.54) is 12.1 Å². The summed E-state index contributed by atoms with van der Waals surface area (Å²) in [6, 6.07) is 24.9. The predicted octanol–water partition coefficient (Wildman–Crippen LogP) is 5.98. The maximum absolute atomic E-state index is 13.5. The SMILES string of the molecule is C[C@]1(O)C[C@@H](c2cc3c(OCc4ccccc4)cccc3n2-c2ccc(F)cc2)C1. The molecule has 0 unspecified atom stereocenters. The number of ether oxygens (including phenoxy) is 1. The van der Waals surface area contributed by atoms with Crippen LogP contribution in [0.5, 0.6) is 5.75 Å². The predicted molar refractivity (Wildman–Crippen MR) is 117 cm³/mol. The summed E-state index contributed by atoms with van der Waals surface area (Å²) in [6.07, 6.45) is 1.43. The average Bonchev–Trinajstić information content (AvgIpc) is 3.11. The zero-order chi connectivity index (χ0) is 20.7. The minimum atomic E-state index is -0.624. The Hall–Kier alpha value is -3.11. The summed E-state index contributed by atoms with van der Waals surface area (Å²) in [4.78, 5) is 0. The summed E-state index contributed by atoms with van der Waals surface area (Å²) in [6.45, 7) is 2.37. The van der Waals surface area contributed by atoms with Crippen LogP contribution in [0.15, 0.2) is 78.9 Å². The van der Waals surface area contributed by atoms with Gasteiger partial charge in [-0.25, -0.2) is 4.39 Å². The number of hydrogen-bond donors (Lipinski definition) is 1. The molecule has 0 atom stereocenters. The average molecular weight is 401 g/mol. The van der Waals surface area contributed by atoms with Crippen molar-refractivity contribution in [1.29, 1.82) is 0 Å². The Morgan fingerprint density at radius 2 is 1.73 bits per heavy atom. The Labute approximate surface area is 175 Å². The van der Waals surface area contributed by atoms with Crippen molar-refractivity contribution in [3.05, 3.63) is 95.9 Å². The molecule has 1 saturated carbocycles. The molecule has 1 N–H and O–H groups in total. The van der Waals surface area contributed by atoms with Gasteiger partial charge in [0.05, 0.1) is 11.1 Å². The maximum atomic E-state index is 13.5. The lowest BCUT2D eigenvalue weighted by molar-refractivity contribution is -0.0326. The minimum Gasteiger partial charge on any atom is -0.488 e. The highest BCUT2D eigenvalue weighted by Crippen LogP contribution is 2.47. The van der Waals surface area contributed by atoms with Crippen molar-refractivity contribution >= 4 is 10.9 Å². The van der Waals surface area contributed by atoms with Gasteiger partial charge in [-0.1, -0.05) is 36.4 Å². The summed E-state index contributed by atoms with van der Waals surface area (Å²) in [5.74, 6) is 0.819. The Morgan fingerprint density at radius 3 is 2.43 bits per heavy atom. The summed E-state index contributed by atoms with van der Waals surface area (Å²) in [5, 5.41) is 11.3. The van der Waals surface area contributed by atoms with Gasteiger partial charge in [-0.05, 0) is 67.8 Å². The van der Waals surface area contributed by atoms with E-state index in [4.69, 9.17) is 4.74 Å². The molecule has 152 valence electrons. The molecular formula is C26H24FNO2. The fourth-order valence-electron chi connectivity index (χ4n) is 4.47. The molecule has 1 heterocycles. The molecule has 1 aromatic heterocycles. The second-order valence-corrected chi connectivity index (χ2v) is 8.45. The van der Waals surface area contributed by atoms with E-state index in [0.717, 1.165) is 33.6 Å². The normalized spacial score (nSPS) is 20.8. The number of nitrogens with zero attached hydrogens (tertiary/aromatic N) is 1. The third-order valence-corrected chi connectivity index (χ3v) is 5.95. The van der Waals surface area contributed by atoms with Crippen LogP contribution >= 0.6 is 0 Å².